The summed E-state index contributed by atoms with van der Waals surface area (Å²) in [6, 6.07) is 5.51. The lowest BCUT2D eigenvalue weighted by atomic mass is 10.1. The number of methoxy groups -OCH3 is 2. The molecule has 0 spiro atoms. The molecule has 0 unspecified atom stereocenters. The van der Waals surface area contributed by atoms with Crippen molar-refractivity contribution < 1.29 is 23.8 Å². The summed E-state index contributed by atoms with van der Waals surface area (Å²) in [6.07, 6.45) is 1.68. The van der Waals surface area contributed by atoms with Crippen molar-refractivity contribution in [3.8, 4) is 11.5 Å². The normalized spacial score (nSPS) is 10.3. The molecule has 2 aromatic rings. The van der Waals surface area contributed by atoms with E-state index in [-0.39, 0.29) is 6.42 Å². The lowest BCUT2D eigenvalue weighted by Crippen LogP contribution is -2.00. The van der Waals surface area contributed by atoms with Crippen molar-refractivity contribution in [1.82, 2.24) is 4.98 Å². The van der Waals surface area contributed by atoms with Crippen LogP contribution in [0.2, 0.25) is 0 Å². The van der Waals surface area contributed by atoms with Crippen molar-refractivity contribution in [2.45, 2.75) is 12.8 Å². The highest BCUT2D eigenvalue weighted by molar-refractivity contribution is 5.69. The van der Waals surface area contributed by atoms with Gasteiger partial charge in [0.25, 0.3) is 0 Å². The molecule has 6 nitrogen and oxygen atoms in total. The lowest BCUT2D eigenvalue weighted by Gasteiger charge is -2.08. The fourth-order valence-electron chi connectivity index (χ4n) is 1.83. The van der Waals surface area contributed by atoms with Gasteiger partial charge in [-0.15, -0.1) is 0 Å². The standard InChI is InChI=1S/C14H15NO5/c1-18-11-4-3-9(5-12(11)19-2)6-13-15-10(8-20-13)7-14(16)17/h3-5,8H,6-7H2,1-2H3,(H,16,17). The number of ether oxygens (including phenoxy) is 2. The molecule has 20 heavy (non-hydrogen) atoms. The van der Waals surface area contributed by atoms with Gasteiger partial charge in [-0.2, -0.15) is 0 Å². The van der Waals surface area contributed by atoms with Gasteiger partial charge in [0.05, 0.1) is 26.3 Å². The van der Waals surface area contributed by atoms with Gasteiger partial charge >= 0.3 is 5.97 Å². The van der Waals surface area contributed by atoms with Crippen molar-refractivity contribution in [2.24, 2.45) is 0 Å². The summed E-state index contributed by atoms with van der Waals surface area (Å²) in [5, 5.41) is 8.68. The fraction of sp³-hybridized carbons (Fsp3) is 0.286. The predicted octanol–water partition coefficient (Wildman–Crippen LogP) is 1.91. The van der Waals surface area contributed by atoms with Crippen molar-refractivity contribution in [1.29, 1.82) is 0 Å². The van der Waals surface area contributed by atoms with Gasteiger partial charge < -0.3 is 19.0 Å². The Morgan fingerprint density at radius 1 is 1.30 bits per heavy atom. The van der Waals surface area contributed by atoms with E-state index in [0.29, 0.717) is 29.5 Å². The number of carboxylic acid groups (broad SMARTS) is 1. The third-order valence-corrected chi connectivity index (χ3v) is 2.73. The maximum atomic E-state index is 10.6. The van der Waals surface area contributed by atoms with Crippen LogP contribution >= 0.6 is 0 Å². The average Bonchev–Trinajstić information content (AvgIpc) is 2.85. The summed E-state index contributed by atoms with van der Waals surface area (Å²) in [5.74, 6) is 0.807. The Kier molecular flexibility index (Phi) is 4.24. The van der Waals surface area contributed by atoms with Gasteiger partial charge in [-0.1, -0.05) is 6.07 Å². The van der Waals surface area contributed by atoms with Crippen LogP contribution in [0.5, 0.6) is 11.5 Å². The molecule has 0 radical (unpaired) electrons. The van der Waals surface area contributed by atoms with Gasteiger partial charge in [0.2, 0.25) is 0 Å². The highest BCUT2D eigenvalue weighted by atomic mass is 16.5. The van der Waals surface area contributed by atoms with Crippen LogP contribution < -0.4 is 9.47 Å². The summed E-state index contributed by atoms with van der Waals surface area (Å²) < 4.78 is 15.6. The number of carboxylic acids is 1. The number of aliphatic carboxylic acids is 1. The number of nitrogens with zero attached hydrogens (tertiary/aromatic N) is 1. The van der Waals surface area contributed by atoms with E-state index in [9.17, 15) is 4.79 Å². The second-order valence-corrected chi connectivity index (χ2v) is 4.17. The molecule has 0 saturated carbocycles. The summed E-state index contributed by atoms with van der Waals surface area (Å²) in [6.45, 7) is 0. The van der Waals surface area contributed by atoms with Crippen LogP contribution in [0.1, 0.15) is 17.1 Å². The Balaban J connectivity index is 2.13. The Bertz CT molecular complexity index is 605. The van der Waals surface area contributed by atoms with Crippen LogP contribution in [-0.2, 0) is 17.6 Å². The molecule has 0 atom stereocenters. The van der Waals surface area contributed by atoms with Crippen LogP contribution in [0.25, 0.3) is 0 Å². The van der Waals surface area contributed by atoms with Gasteiger partial charge in [-0.25, -0.2) is 4.98 Å². The molecule has 0 saturated heterocycles. The van der Waals surface area contributed by atoms with Gasteiger partial charge in [-0.3, -0.25) is 4.79 Å². The molecule has 1 heterocycles. The monoisotopic (exact) mass is 277 g/mol. The van der Waals surface area contributed by atoms with Crippen molar-refractivity contribution >= 4 is 5.97 Å². The van der Waals surface area contributed by atoms with Crippen molar-refractivity contribution in [3.63, 3.8) is 0 Å². The van der Waals surface area contributed by atoms with Crippen LogP contribution in [0, 0.1) is 0 Å². The average molecular weight is 277 g/mol. The van der Waals surface area contributed by atoms with E-state index in [1.165, 1.54) is 6.26 Å². The molecular formula is C14H15NO5. The van der Waals surface area contributed by atoms with E-state index in [4.69, 9.17) is 19.0 Å². The number of benzene rings is 1. The topological polar surface area (TPSA) is 81.8 Å². The number of hydrogen-bond donors (Lipinski definition) is 1. The molecule has 0 amide bonds. The zero-order chi connectivity index (χ0) is 14.5. The van der Waals surface area contributed by atoms with Gasteiger partial charge in [0, 0.05) is 6.42 Å². The smallest absolute Gasteiger partial charge is 0.309 e. The largest absolute Gasteiger partial charge is 0.493 e. The van der Waals surface area contributed by atoms with Crippen LogP contribution in [0.3, 0.4) is 0 Å². The third kappa shape index (κ3) is 3.28. The van der Waals surface area contributed by atoms with Gasteiger partial charge in [0.15, 0.2) is 17.4 Å². The molecule has 106 valence electrons. The molecule has 1 aromatic heterocycles. The first-order chi connectivity index (χ1) is 9.62. The first kappa shape index (κ1) is 13.9. The highest BCUT2D eigenvalue weighted by Crippen LogP contribution is 2.28. The quantitative estimate of drug-likeness (QED) is 0.868. The van der Waals surface area contributed by atoms with Gasteiger partial charge in [-0.05, 0) is 17.7 Å². The van der Waals surface area contributed by atoms with Crippen LogP contribution in [0.4, 0.5) is 0 Å². The number of hydrogen-bond acceptors (Lipinski definition) is 5. The van der Waals surface area contributed by atoms with E-state index in [1.54, 1.807) is 20.3 Å². The molecule has 0 aliphatic rings. The Morgan fingerprint density at radius 2 is 2.05 bits per heavy atom. The maximum Gasteiger partial charge on any atom is 0.309 e. The molecule has 0 fully saturated rings. The summed E-state index contributed by atoms with van der Waals surface area (Å²) in [4.78, 5) is 14.7. The SMILES string of the molecule is COc1ccc(Cc2nc(CC(=O)O)co2)cc1OC. The Hall–Kier alpha value is -2.50. The van der Waals surface area contributed by atoms with E-state index in [2.05, 4.69) is 4.98 Å². The molecule has 0 aliphatic heterocycles. The highest BCUT2D eigenvalue weighted by Gasteiger charge is 2.10. The minimum atomic E-state index is -0.934. The second kappa shape index (κ2) is 6.10. The van der Waals surface area contributed by atoms with Crippen molar-refractivity contribution in [3.05, 3.63) is 41.6 Å². The van der Waals surface area contributed by atoms with E-state index < -0.39 is 5.97 Å². The second-order valence-electron chi connectivity index (χ2n) is 4.17. The number of carbonyl (C=O) groups is 1. The first-order valence-electron chi connectivity index (χ1n) is 5.98. The number of rotatable bonds is 6. The van der Waals surface area contributed by atoms with Crippen LogP contribution in [-0.4, -0.2) is 30.3 Å². The summed E-state index contributed by atoms with van der Waals surface area (Å²) in [7, 11) is 3.14. The number of aromatic nitrogens is 1. The van der Waals surface area contributed by atoms with Crippen molar-refractivity contribution in [2.75, 3.05) is 14.2 Å². The maximum absolute atomic E-state index is 10.6. The summed E-state index contributed by atoms with van der Waals surface area (Å²) >= 11 is 0. The zero-order valence-corrected chi connectivity index (χ0v) is 11.3. The predicted molar refractivity (Wildman–Crippen MR) is 70.2 cm³/mol. The third-order valence-electron chi connectivity index (χ3n) is 2.73. The molecule has 0 aliphatic carbocycles. The number of oxazole rings is 1. The minimum absolute atomic E-state index is 0.143. The molecule has 6 heteroatoms. The summed E-state index contributed by atoms with van der Waals surface area (Å²) in [5.41, 5.74) is 1.35. The van der Waals surface area contributed by atoms with E-state index in [0.717, 1.165) is 5.56 Å². The lowest BCUT2D eigenvalue weighted by molar-refractivity contribution is -0.136. The minimum Gasteiger partial charge on any atom is -0.493 e. The molecule has 2 rings (SSSR count). The Labute approximate surface area is 116 Å². The molecule has 1 N–H and O–H groups in total. The van der Waals surface area contributed by atoms with Gasteiger partial charge in [0.1, 0.15) is 6.26 Å². The first-order valence-corrected chi connectivity index (χ1v) is 5.98. The molecule has 0 bridgehead atoms. The zero-order valence-electron chi connectivity index (χ0n) is 11.3. The van der Waals surface area contributed by atoms with E-state index in [1.807, 2.05) is 12.1 Å². The molecule has 1 aromatic carbocycles. The van der Waals surface area contributed by atoms with Crippen LogP contribution in [0.15, 0.2) is 28.9 Å². The molecular weight excluding hydrogens is 262 g/mol. The fourth-order valence-corrected chi connectivity index (χ4v) is 1.83. The Morgan fingerprint density at radius 3 is 2.70 bits per heavy atom. The van der Waals surface area contributed by atoms with E-state index >= 15 is 0 Å².